The third-order valence-corrected chi connectivity index (χ3v) is 2.64. The summed E-state index contributed by atoms with van der Waals surface area (Å²) in [4.78, 5) is 46.1. The SMILES string of the molecule is CC(=O)CC(=O)NC1=CC(=O)c2ccccc2C1=O. The molecule has 1 aromatic rings. The molecule has 1 amide bonds. The van der Waals surface area contributed by atoms with Crippen molar-refractivity contribution < 1.29 is 19.2 Å². The van der Waals surface area contributed by atoms with Crippen LogP contribution >= 0.6 is 0 Å². The van der Waals surface area contributed by atoms with E-state index in [0.29, 0.717) is 5.56 Å². The molecule has 5 nitrogen and oxygen atoms in total. The van der Waals surface area contributed by atoms with Gasteiger partial charge in [-0.2, -0.15) is 0 Å². The standard InChI is InChI=1S/C14H11NO4/c1-8(16)6-13(18)15-11-7-12(17)9-4-2-3-5-10(9)14(11)19/h2-5,7H,6H2,1H3,(H,15,18). The van der Waals surface area contributed by atoms with Gasteiger partial charge < -0.3 is 5.32 Å². The lowest BCUT2D eigenvalue weighted by atomic mass is 9.92. The highest BCUT2D eigenvalue weighted by atomic mass is 16.2. The average Bonchev–Trinajstić information content (AvgIpc) is 2.34. The van der Waals surface area contributed by atoms with Gasteiger partial charge in [0.2, 0.25) is 11.7 Å². The van der Waals surface area contributed by atoms with Crippen LogP contribution in [-0.4, -0.2) is 23.3 Å². The summed E-state index contributed by atoms with van der Waals surface area (Å²) in [6.07, 6.45) is 0.767. The Balaban J connectivity index is 2.26. The van der Waals surface area contributed by atoms with Crippen molar-refractivity contribution >= 4 is 23.3 Å². The summed E-state index contributed by atoms with van der Waals surface area (Å²) in [5.74, 6) is -1.67. The first-order valence-corrected chi connectivity index (χ1v) is 5.68. The lowest BCUT2D eigenvalue weighted by Crippen LogP contribution is -2.32. The number of ketones is 3. The van der Waals surface area contributed by atoms with Gasteiger partial charge in [-0.05, 0) is 6.92 Å². The summed E-state index contributed by atoms with van der Waals surface area (Å²) >= 11 is 0. The van der Waals surface area contributed by atoms with E-state index in [2.05, 4.69) is 5.32 Å². The van der Waals surface area contributed by atoms with Crippen molar-refractivity contribution in [2.24, 2.45) is 0 Å². The fourth-order valence-electron chi connectivity index (χ4n) is 1.83. The summed E-state index contributed by atoms with van der Waals surface area (Å²) in [7, 11) is 0. The average molecular weight is 257 g/mol. The lowest BCUT2D eigenvalue weighted by molar-refractivity contribution is -0.126. The molecule has 1 aliphatic carbocycles. The van der Waals surface area contributed by atoms with E-state index in [1.54, 1.807) is 18.2 Å². The van der Waals surface area contributed by atoms with Gasteiger partial charge >= 0.3 is 0 Å². The molecule has 0 atom stereocenters. The summed E-state index contributed by atoms with van der Waals surface area (Å²) in [5.41, 5.74) is 0.486. The Kier molecular flexibility index (Phi) is 3.37. The third-order valence-electron chi connectivity index (χ3n) is 2.64. The van der Waals surface area contributed by atoms with Crippen LogP contribution < -0.4 is 5.32 Å². The number of carbonyl (C=O) groups is 4. The summed E-state index contributed by atoms with van der Waals surface area (Å²) in [5, 5.41) is 2.30. The Labute approximate surface area is 109 Å². The van der Waals surface area contributed by atoms with Gasteiger partial charge in [-0.15, -0.1) is 0 Å². The molecule has 0 fully saturated rings. The van der Waals surface area contributed by atoms with E-state index in [4.69, 9.17) is 0 Å². The van der Waals surface area contributed by atoms with E-state index in [1.165, 1.54) is 13.0 Å². The van der Waals surface area contributed by atoms with Crippen LogP contribution in [-0.2, 0) is 9.59 Å². The molecule has 1 N–H and O–H groups in total. The number of carbonyl (C=O) groups excluding carboxylic acids is 4. The minimum absolute atomic E-state index is 0.0880. The smallest absolute Gasteiger partial charge is 0.231 e. The second kappa shape index (κ2) is 4.97. The highest BCUT2D eigenvalue weighted by Crippen LogP contribution is 2.19. The number of allylic oxidation sites excluding steroid dienone is 2. The van der Waals surface area contributed by atoms with Crippen LogP contribution in [0.4, 0.5) is 0 Å². The van der Waals surface area contributed by atoms with Crippen LogP contribution in [0.1, 0.15) is 34.1 Å². The van der Waals surface area contributed by atoms with E-state index in [-0.39, 0.29) is 29.2 Å². The van der Waals surface area contributed by atoms with Crippen LogP contribution in [0.2, 0.25) is 0 Å². The monoisotopic (exact) mass is 257 g/mol. The van der Waals surface area contributed by atoms with Gasteiger partial charge in [0.05, 0.1) is 12.1 Å². The number of hydrogen-bond donors (Lipinski definition) is 1. The van der Waals surface area contributed by atoms with E-state index < -0.39 is 11.7 Å². The van der Waals surface area contributed by atoms with Crippen molar-refractivity contribution in [1.29, 1.82) is 0 Å². The predicted molar refractivity (Wildman–Crippen MR) is 66.6 cm³/mol. The Morgan fingerprint density at radius 2 is 1.74 bits per heavy atom. The van der Waals surface area contributed by atoms with Crippen molar-refractivity contribution in [3.05, 3.63) is 47.2 Å². The highest BCUT2D eigenvalue weighted by molar-refractivity contribution is 6.25. The first kappa shape index (κ1) is 12.9. The lowest BCUT2D eigenvalue weighted by Gasteiger charge is -2.15. The van der Waals surface area contributed by atoms with Gasteiger partial charge in [-0.1, -0.05) is 24.3 Å². The van der Waals surface area contributed by atoms with Crippen LogP contribution in [0, 0.1) is 0 Å². The van der Waals surface area contributed by atoms with Crippen molar-refractivity contribution in [2.45, 2.75) is 13.3 Å². The zero-order valence-corrected chi connectivity index (χ0v) is 10.2. The van der Waals surface area contributed by atoms with Crippen LogP contribution in [0.5, 0.6) is 0 Å². The summed E-state index contributed by atoms with van der Waals surface area (Å²) < 4.78 is 0. The van der Waals surface area contributed by atoms with Gasteiger partial charge in [0, 0.05) is 17.2 Å². The van der Waals surface area contributed by atoms with E-state index >= 15 is 0 Å². The Morgan fingerprint density at radius 1 is 1.11 bits per heavy atom. The van der Waals surface area contributed by atoms with Crippen LogP contribution in [0.3, 0.4) is 0 Å². The van der Waals surface area contributed by atoms with E-state index in [1.807, 2.05) is 0 Å². The minimum atomic E-state index is -0.598. The molecule has 0 unspecified atom stereocenters. The first-order valence-electron chi connectivity index (χ1n) is 5.68. The molecule has 2 rings (SSSR count). The molecule has 0 aliphatic heterocycles. The molecule has 0 radical (unpaired) electrons. The van der Waals surface area contributed by atoms with Crippen LogP contribution in [0.25, 0.3) is 0 Å². The molecule has 1 aromatic carbocycles. The topological polar surface area (TPSA) is 80.3 Å². The van der Waals surface area contributed by atoms with Gasteiger partial charge in [-0.25, -0.2) is 0 Å². The second-order valence-electron chi connectivity index (χ2n) is 4.22. The number of hydrogen-bond acceptors (Lipinski definition) is 4. The molecule has 0 saturated heterocycles. The number of nitrogens with one attached hydrogen (secondary N) is 1. The van der Waals surface area contributed by atoms with Gasteiger partial charge in [0.25, 0.3) is 0 Å². The highest BCUT2D eigenvalue weighted by Gasteiger charge is 2.26. The van der Waals surface area contributed by atoms with Crippen LogP contribution in [0.15, 0.2) is 36.0 Å². The molecule has 0 saturated carbocycles. The van der Waals surface area contributed by atoms with Gasteiger partial charge in [0.15, 0.2) is 5.78 Å². The van der Waals surface area contributed by atoms with Crippen molar-refractivity contribution in [3.63, 3.8) is 0 Å². The maximum Gasteiger partial charge on any atom is 0.231 e. The minimum Gasteiger partial charge on any atom is -0.322 e. The normalized spacial score (nSPS) is 13.6. The fraction of sp³-hybridized carbons (Fsp3) is 0.143. The summed E-state index contributed by atoms with van der Waals surface area (Å²) in [6.45, 7) is 1.27. The molecule has 0 bridgehead atoms. The largest absolute Gasteiger partial charge is 0.322 e. The van der Waals surface area contributed by atoms with Crippen molar-refractivity contribution in [2.75, 3.05) is 0 Å². The van der Waals surface area contributed by atoms with Crippen molar-refractivity contribution in [3.8, 4) is 0 Å². The maximum atomic E-state index is 12.1. The number of Topliss-reactive ketones (excluding diaryl/α,β-unsaturated/α-hetero) is 2. The Hall–Kier alpha value is -2.56. The van der Waals surface area contributed by atoms with Gasteiger partial charge in [0.1, 0.15) is 5.78 Å². The molecular formula is C14H11NO4. The number of fused-ring (bicyclic) bond motifs is 1. The van der Waals surface area contributed by atoms with E-state index in [0.717, 1.165) is 6.08 Å². The maximum absolute atomic E-state index is 12.1. The molecule has 96 valence electrons. The number of rotatable bonds is 3. The Morgan fingerprint density at radius 3 is 2.37 bits per heavy atom. The molecule has 0 spiro atoms. The Bertz CT molecular complexity index is 628. The zero-order valence-electron chi connectivity index (χ0n) is 10.2. The molecule has 0 heterocycles. The number of benzene rings is 1. The van der Waals surface area contributed by atoms with E-state index in [9.17, 15) is 19.2 Å². The molecular weight excluding hydrogens is 246 g/mol. The van der Waals surface area contributed by atoms with Crippen molar-refractivity contribution in [1.82, 2.24) is 5.32 Å². The number of amides is 1. The quantitative estimate of drug-likeness (QED) is 0.820. The molecule has 1 aliphatic rings. The van der Waals surface area contributed by atoms with Gasteiger partial charge in [-0.3, -0.25) is 19.2 Å². The summed E-state index contributed by atoms with van der Waals surface area (Å²) in [6, 6.07) is 6.39. The zero-order chi connectivity index (χ0) is 14.0. The molecule has 0 aromatic heterocycles. The third kappa shape index (κ3) is 2.65. The first-order chi connectivity index (χ1) is 8.99. The molecule has 19 heavy (non-hydrogen) atoms. The second-order valence-corrected chi connectivity index (χ2v) is 4.22. The predicted octanol–water partition coefficient (Wildman–Crippen LogP) is 1.04. The molecule has 5 heteroatoms. The fourth-order valence-corrected chi connectivity index (χ4v) is 1.83.